The van der Waals surface area contributed by atoms with E-state index in [1.807, 2.05) is 6.07 Å². The van der Waals surface area contributed by atoms with E-state index in [4.69, 9.17) is 23.2 Å². The second-order valence-corrected chi connectivity index (χ2v) is 8.46. The van der Waals surface area contributed by atoms with Crippen molar-refractivity contribution in [1.29, 1.82) is 0 Å². The Morgan fingerprint density at radius 1 is 1.12 bits per heavy atom. The summed E-state index contributed by atoms with van der Waals surface area (Å²) in [6.07, 6.45) is 1.54. The number of sulfonamides is 1. The molecule has 0 saturated carbocycles. The molecular weight excluding hydrogens is 401 g/mol. The molecule has 9 heteroatoms. The Morgan fingerprint density at radius 2 is 1.88 bits per heavy atom. The molecule has 0 amide bonds. The van der Waals surface area contributed by atoms with Crippen molar-refractivity contribution >= 4 is 55.8 Å². The van der Waals surface area contributed by atoms with Crippen molar-refractivity contribution in [3.63, 3.8) is 0 Å². The Bertz CT molecular complexity index is 902. The molecule has 1 aromatic heterocycles. The van der Waals surface area contributed by atoms with E-state index in [0.29, 0.717) is 21.7 Å². The molecule has 0 spiro atoms. The van der Waals surface area contributed by atoms with Gasteiger partial charge in [0.25, 0.3) is 0 Å². The highest BCUT2D eigenvalue weighted by Gasteiger charge is 2.21. The molecule has 3 aromatic rings. The minimum Gasteiger partial charge on any atom is -0.588 e. The molecule has 5 nitrogen and oxygen atoms in total. The van der Waals surface area contributed by atoms with Crippen LogP contribution >= 0.6 is 34.5 Å². The minimum absolute atomic E-state index is 0.169. The van der Waals surface area contributed by atoms with Gasteiger partial charge in [0.05, 0.1) is 10.0 Å². The van der Waals surface area contributed by atoms with Gasteiger partial charge in [-0.05, 0) is 42.0 Å². The Balaban J connectivity index is 1.65. The lowest BCUT2D eigenvalue weighted by Crippen LogP contribution is -2.20. The smallest absolute Gasteiger partial charge is 0.225 e. The number of aromatic nitrogens is 1. The van der Waals surface area contributed by atoms with Crippen LogP contribution in [-0.4, -0.2) is 9.54 Å². The Labute approximate surface area is 160 Å². The van der Waals surface area contributed by atoms with Crippen LogP contribution in [-0.2, 0) is 21.2 Å². The summed E-state index contributed by atoms with van der Waals surface area (Å²) in [5.74, 6) is 0. The third-order valence-electron chi connectivity index (χ3n) is 3.30. The van der Waals surface area contributed by atoms with E-state index in [9.17, 15) is 8.76 Å². The van der Waals surface area contributed by atoms with Crippen LogP contribution in [0.2, 0.25) is 10.0 Å². The van der Waals surface area contributed by atoms with Crippen LogP contribution in [0, 0.1) is 0 Å². The van der Waals surface area contributed by atoms with Crippen molar-refractivity contribution in [2.45, 2.75) is 11.4 Å². The number of hydrogen-bond donors (Lipinski definition) is 2. The topological polar surface area (TPSA) is 77.1 Å². The van der Waals surface area contributed by atoms with Gasteiger partial charge >= 0.3 is 0 Å². The normalized spacial score (nSPS) is 13.2. The van der Waals surface area contributed by atoms with Crippen molar-refractivity contribution in [2.75, 3.05) is 10.0 Å². The van der Waals surface area contributed by atoms with Crippen molar-refractivity contribution in [3.8, 4) is 0 Å². The zero-order valence-corrected chi connectivity index (χ0v) is 15.9. The molecule has 2 N–H and O–H groups in total. The summed E-state index contributed by atoms with van der Waals surface area (Å²) >= 11 is 13.1. The molecule has 0 aliphatic carbocycles. The molecule has 0 bridgehead atoms. The average molecular weight is 414 g/mol. The van der Waals surface area contributed by atoms with Gasteiger partial charge in [-0.3, -0.25) is 0 Å². The lowest BCUT2D eigenvalue weighted by Gasteiger charge is -2.14. The average Bonchev–Trinajstić information content (AvgIpc) is 3.08. The van der Waals surface area contributed by atoms with E-state index >= 15 is 0 Å². The minimum atomic E-state index is -3.64. The van der Waals surface area contributed by atoms with Gasteiger partial charge in [-0.1, -0.05) is 33.5 Å². The van der Waals surface area contributed by atoms with Crippen LogP contribution in [0.25, 0.3) is 0 Å². The van der Waals surface area contributed by atoms with E-state index in [0.717, 1.165) is 11.3 Å². The Hall–Kier alpha value is -1.64. The standard InChI is InChI=1S/C16H13Cl2N3O2S2/c17-14-6-1-11(9-15(14)18)10-20-12-2-4-13(5-3-12)25(22,23)21-16-19-7-8-24-16/h1-9,20H,10H2,(H-,19,21,22,23). The van der Waals surface area contributed by atoms with Gasteiger partial charge in [0.1, 0.15) is 0 Å². The van der Waals surface area contributed by atoms with Crippen LogP contribution in [0.5, 0.6) is 0 Å². The number of anilines is 2. The Morgan fingerprint density at radius 3 is 2.52 bits per heavy atom. The van der Waals surface area contributed by atoms with Crippen molar-refractivity contribution in [2.24, 2.45) is 0 Å². The molecule has 1 unspecified atom stereocenters. The maximum absolute atomic E-state index is 12.3. The van der Waals surface area contributed by atoms with Gasteiger partial charge < -0.3 is 9.87 Å². The second-order valence-electron chi connectivity index (χ2n) is 5.07. The van der Waals surface area contributed by atoms with Crippen LogP contribution in [0.1, 0.15) is 5.56 Å². The van der Waals surface area contributed by atoms with E-state index in [1.54, 1.807) is 35.8 Å². The molecule has 1 heterocycles. The SMILES string of the molecule is O=[S+]([O-])(Nc1nccs1)c1ccc(NCc2ccc(Cl)c(Cl)c2)cc1. The molecule has 0 saturated heterocycles. The monoisotopic (exact) mass is 413 g/mol. The van der Waals surface area contributed by atoms with Crippen molar-refractivity contribution in [1.82, 2.24) is 4.98 Å². The fraction of sp³-hybridized carbons (Fsp3) is 0.0625. The molecule has 2 aromatic carbocycles. The fourth-order valence-electron chi connectivity index (χ4n) is 2.05. The zero-order valence-electron chi connectivity index (χ0n) is 12.7. The number of thiazole rings is 1. The number of nitrogens with zero attached hydrogens (tertiary/aromatic N) is 1. The highest BCUT2D eigenvalue weighted by molar-refractivity contribution is 7.99. The van der Waals surface area contributed by atoms with Crippen LogP contribution < -0.4 is 10.0 Å². The first-order chi connectivity index (χ1) is 11.9. The molecular formula is C16H13Cl2N3O2S2. The van der Waals surface area contributed by atoms with Crippen LogP contribution in [0.4, 0.5) is 10.8 Å². The first-order valence-corrected chi connectivity index (χ1v) is 10.3. The summed E-state index contributed by atoms with van der Waals surface area (Å²) in [5, 5.41) is 6.25. The zero-order chi connectivity index (χ0) is 17.9. The second kappa shape index (κ2) is 7.72. The van der Waals surface area contributed by atoms with Crippen LogP contribution in [0.3, 0.4) is 0 Å². The van der Waals surface area contributed by atoms with Gasteiger partial charge in [-0.15, -0.1) is 11.3 Å². The van der Waals surface area contributed by atoms with E-state index in [1.165, 1.54) is 23.5 Å². The van der Waals surface area contributed by atoms with Gasteiger partial charge in [-0.2, -0.15) is 4.72 Å². The van der Waals surface area contributed by atoms with E-state index in [-0.39, 0.29) is 4.90 Å². The molecule has 25 heavy (non-hydrogen) atoms. The number of rotatable bonds is 6. The first kappa shape index (κ1) is 18.2. The van der Waals surface area contributed by atoms with Crippen LogP contribution in [0.15, 0.2) is 58.9 Å². The predicted molar refractivity (Wildman–Crippen MR) is 103 cm³/mol. The van der Waals surface area contributed by atoms with Gasteiger partial charge in [-0.25, -0.2) is 4.98 Å². The van der Waals surface area contributed by atoms with Gasteiger partial charge in [0.15, 0.2) is 15.3 Å². The van der Waals surface area contributed by atoms with Crippen molar-refractivity contribution < 1.29 is 8.76 Å². The van der Waals surface area contributed by atoms with Gasteiger partial charge in [0, 0.05) is 23.8 Å². The lowest BCUT2D eigenvalue weighted by atomic mass is 10.2. The van der Waals surface area contributed by atoms with E-state index < -0.39 is 10.4 Å². The fourth-order valence-corrected chi connectivity index (χ4v) is 4.16. The molecule has 0 aliphatic heterocycles. The van der Waals surface area contributed by atoms with E-state index in [2.05, 4.69) is 15.0 Å². The number of hydrogen-bond acceptors (Lipinski definition) is 5. The molecule has 0 radical (unpaired) electrons. The summed E-state index contributed by atoms with van der Waals surface area (Å²) in [4.78, 5) is 4.09. The Kier molecular flexibility index (Phi) is 5.61. The largest absolute Gasteiger partial charge is 0.588 e. The summed E-state index contributed by atoms with van der Waals surface area (Å²) < 4.78 is 27.0. The number of halogens is 2. The first-order valence-electron chi connectivity index (χ1n) is 7.14. The predicted octanol–water partition coefficient (Wildman–Crippen LogP) is 5.08. The summed E-state index contributed by atoms with van der Waals surface area (Å²) in [5.41, 5.74) is 1.76. The quantitative estimate of drug-likeness (QED) is 0.552. The number of nitrogens with one attached hydrogen (secondary N) is 2. The molecule has 130 valence electrons. The maximum Gasteiger partial charge on any atom is 0.225 e. The number of benzene rings is 2. The molecule has 1 atom stereocenters. The highest BCUT2D eigenvalue weighted by Crippen LogP contribution is 2.25. The third-order valence-corrected chi connectivity index (χ3v) is 6.21. The van der Waals surface area contributed by atoms with Crippen molar-refractivity contribution in [3.05, 3.63) is 69.7 Å². The maximum atomic E-state index is 12.3. The molecule has 3 rings (SSSR count). The summed E-state index contributed by atoms with van der Waals surface area (Å²) in [6.45, 7) is 0.542. The summed E-state index contributed by atoms with van der Waals surface area (Å²) in [7, 11) is -3.64. The lowest BCUT2D eigenvalue weighted by molar-refractivity contribution is 0.483. The molecule has 0 aliphatic rings. The van der Waals surface area contributed by atoms with Gasteiger partial charge in [0.2, 0.25) is 5.13 Å². The molecule has 0 fully saturated rings. The summed E-state index contributed by atoms with van der Waals surface area (Å²) in [6, 6.07) is 11.9. The highest BCUT2D eigenvalue weighted by atomic mass is 35.5. The third kappa shape index (κ3) is 4.71.